The van der Waals surface area contributed by atoms with Crippen LogP contribution in [0.15, 0.2) is 131 Å². The van der Waals surface area contributed by atoms with Gasteiger partial charge in [0.25, 0.3) is 5.56 Å². The summed E-state index contributed by atoms with van der Waals surface area (Å²) in [5.41, 5.74) is -3.47. The van der Waals surface area contributed by atoms with Gasteiger partial charge in [0, 0.05) is 18.0 Å². The first kappa shape index (κ1) is 33.2. The van der Waals surface area contributed by atoms with Crippen molar-refractivity contribution < 1.29 is 34.0 Å². The molecule has 49 heavy (non-hydrogen) atoms. The largest absolute Gasteiger partial charge is 0.497 e. The minimum absolute atomic E-state index is 0.430. The Labute approximate surface area is 281 Å². The van der Waals surface area contributed by atoms with Crippen molar-refractivity contribution in [2.45, 2.75) is 29.5 Å². The zero-order chi connectivity index (χ0) is 34.6. The fourth-order valence-electron chi connectivity index (χ4n) is 6.73. The summed E-state index contributed by atoms with van der Waals surface area (Å²) < 4.78 is 24.6. The van der Waals surface area contributed by atoms with E-state index in [0.717, 1.165) is 10.6 Å². The summed E-state index contributed by atoms with van der Waals surface area (Å²) >= 11 is 0. The highest BCUT2D eigenvalue weighted by Gasteiger charge is 2.69. The van der Waals surface area contributed by atoms with Gasteiger partial charge in [0.15, 0.2) is 11.8 Å². The Kier molecular flexibility index (Phi) is 9.36. The Bertz CT molecular complexity index is 1950. The molecule has 5 aromatic rings. The standard InChI is InChI=1S/C37H35N3O9/c1-46-28-17-13-25(14-18-28)36(24-9-5-3-6-10-24,26-15-19-29(47-2)20-16-26)37(40-22-21-31(42)39-34(40)44)33(43)32(30(23-41)49-37)48-35(45)38-27-11-7-4-8-12-27/h3-22,30,32-33,41,43H,23H2,1-2H3,(H,38,45)(H,39,42,44)/t30-,32-,33-,37+/m1/s1. The minimum atomic E-state index is -2.23. The Morgan fingerprint density at radius 2 is 1.37 bits per heavy atom. The molecule has 4 N–H and O–H groups in total. The molecule has 1 aliphatic rings. The predicted octanol–water partition coefficient (Wildman–Crippen LogP) is 3.61. The molecule has 0 unspecified atom stereocenters. The summed E-state index contributed by atoms with van der Waals surface area (Å²) in [5.74, 6) is 1.08. The minimum Gasteiger partial charge on any atom is -0.497 e. The van der Waals surface area contributed by atoms with Crippen LogP contribution in [0.5, 0.6) is 11.5 Å². The van der Waals surface area contributed by atoms with E-state index >= 15 is 0 Å². The summed E-state index contributed by atoms with van der Waals surface area (Å²) in [6.45, 7) is -0.712. The molecule has 12 nitrogen and oxygen atoms in total. The Hall–Kier alpha value is -5.69. The van der Waals surface area contributed by atoms with E-state index in [1.54, 1.807) is 91.0 Å². The van der Waals surface area contributed by atoms with Gasteiger partial charge in [-0.05, 0) is 53.1 Å². The number of nitrogens with zero attached hydrogens (tertiary/aromatic N) is 1. The van der Waals surface area contributed by atoms with Crippen molar-refractivity contribution in [3.63, 3.8) is 0 Å². The fraction of sp³-hybridized carbons (Fsp3) is 0.216. The topological polar surface area (TPSA) is 161 Å². The van der Waals surface area contributed by atoms with Gasteiger partial charge in [-0.3, -0.25) is 19.7 Å². The van der Waals surface area contributed by atoms with Crippen molar-refractivity contribution in [3.8, 4) is 11.5 Å². The number of para-hydroxylation sites is 1. The van der Waals surface area contributed by atoms with Gasteiger partial charge in [-0.25, -0.2) is 9.59 Å². The number of aliphatic hydroxyl groups excluding tert-OH is 2. The van der Waals surface area contributed by atoms with Crippen LogP contribution in [0.4, 0.5) is 10.5 Å². The van der Waals surface area contributed by atoms with Gasteiger partial charge < -0.3 is 29.2 Å². The second-order valence-electron chi connectivity index (χ2n) is 11.4. The van der Waals surface area contributed by atoms with Crippen LogP contribution >= 0.6 is 0 Å². The van der Waals surface area contributed by atoms with Crippen molar-refractivity contribution >= 4 is 11.8 Å². The quantitative estimate of drug-likeness (QED) is 0.163. The number of nitrogens with one attached hydrogen (secondary N) is 2. The summed E-state index contributed by atoms with van der Waals surface area (Å²) in [6.07, 6.45) is -4.43. The van der Waals surface area contributed by atoms with Crippen LogP contribution < -0.4 is 26.0 Å². The number of H-pyrrole nitrogens is 1. The molecule has 1 fully saturated rings. The lowest BCUT2D eigenvalue weighted by molar-refractivity contribution is -0.180. The second kappa shape index (κ2) is 13.8. The van der Waals surface area contributed by atoms with E-state index in [-0.39, 0.29) is 0 Å². The average molecular weight is 666 g/mol. The lowest BCUT2D eigenvalue weighted by atomic mass is 9.60. The number of aromatic amines is 1. The third-order valence-corrected chi connectivity index (χ3v) is 8.82. The number of benzene rings is 4. The third kappa shape index (κ3) is 5.75. The molecule has 4 atom stereocenters. The van der Waals surface area contributed by atoms with E-state index in [1.165, 1.54) is 20.4 Å². The Morgan fingerprint density at radius 3 is 1.88 bits per heavy atom. The predicted molar refractivity (Wildman–Crippen MR) is 180 cm³/mol. The fourth-order valence-corrected chi connectivity index (χ4v) is 6.73. The first-order valence-corrected chi connectivity index (χ1v) is 15.4. The molecule has 12 heteroatoms. The number of anilines is 1. The first-order chi connectivity index (χ1) is 23.8. The van der Waals surface area contributed by atoms with Crippen molar-refractivity contribution in [3.05, 3.63) is 159 Å². The lowest BCUT2D eigenvalue weighted by Crippen LogP contribution is -2.64. The van der Waals surface area contributed by atoms with E-state index in [0.29, 0.717) is 33.9 Å². The maximum atomic E-state index is 14.0. The van der Waals surface area contributed by atoms with Crippen LogP contribution in [0.25, 0.3) is 0 Å². The van der Waals surface area contributed by atoms with Gasteiger partial charge in [-0.1, -0.05) is 72.8 Å². The molecular formula is C37H35N3O9. The third-order valence-electron chi connectivity index (χ3n) is 8.82. The Morgan fingerprint density at radius 1 is 0.837 bits per heavy atom. The number of ether oxygens (including phenoxy) is 4. The Balaban J connectivity index is 1.69. The number of hydrogen-bond donors (Lipinski definition) is 4. The number of aromatic nitrogens is 2. The van der Waals surface area contributed by atoms with Crippen molar-refractivity contribution in [1.29, 1.82) is 0 Å². The molecule has 1 aliphatic heterocycles. The van der Waals surface area contributed by atoms with Gasteiger partial charge in [-0.15, -0.1) is 0 Å². The van der Waals surface area contributed by atoms with E-state index in [4.69, 9.17) is 18.9 Å². The normalized spacial score (nSPS) is 20.4. The van der Waals surface area contributed by atoms with Gasteiger partial charge in [0.2, 0.25) is 0 Å². The van der Waals surface area contributed by atoms with Crippen LogP contribution in [0, 0.1) is 0 Å². The highest BCUT2D eigenvalue weighted by atomic mass is 16.6. The number of aliphatic hydroxyl groups is 2. The molecule has 6 rings (SSSR count). The lowest BCUT2D eigenvalue weighted by Gasteiger charge is -2.51. The highest BCUT2D eigenvalue weighted by molar-refractivity contribution is 5.84. The number of amides is 1. The molecule has 0 spiro atoms. The average Bonchev–Trinajstić information content (AvgIpc) is 3.41. The van der Waals surface area contributed by atoms with E-state index in [9.17, 15) is 24.6 Å². The molecule has 4 aromatic carbocycles. The SMILES string of the molecule is COc1ccc(C(c2ccccc2)(c2ccc(OC)cc2)[C@@]2(n3ccc(=O)[nH]c3=O)O[C@H](CO)[C@@H](OC(=O)Nc3ccccc3)[C@H]2O)cc1. The van der Waals surface area contributed by atoms with E-state index in [1.807, 2.05) is 18.2 Å². The smallest absolute Gasteiger partial charge is 0.412 e. The molecule has 252 valence electrons. The first-order valence-electron chi connectivity index (χ1n) is 15.4. The molecule has 1 saturated heterocycles. The second-order valence-corrected chi connectivity index (χ2v) is 11.4. The van der Waals surface area contributed by atoms with Crippen molar-refractivity contribution in [2.24, 2.45) is 0 Å². The number of rotatable bonds is 10. The molecular weight excluding hydrogens is 630 g/mol. The van der Waals surface area contributed by atoms with Gasteiger partial charge >= 0.3 is 11.8 Å². The maximum Gasteiger partial charge on any atom is 0.412 e. The van der Waals surface area contributed by atoms with E-state index in [2.05, 4.69) is 10.3 Å². The molecule has 1 amide bonds. The van der Waals surface area contributed by atoms with Crippen molar-refractivity contribution in [2.75, 3.05) is 26.1 Å². The maximum absolute atomic E-state index is 14.0. The zero-order valence-electron chi connectivity index (χ0n) is 26.7. The van der Waals surface area contributed by atoms with Crippen molar-refractivity contribution in [1.82, 2.24) is 9.55 Å². The summed E-state index contributed by atoms with van der Waals surface area (Å²) in [5, 5.41) is 26.1. The van der Waals surface area contributed by atoms with Crippen LogP contribution in [0.1, 0.15) is 16.7 Å². The molecule has 2 heterocycles. The number of carbonyl (C=O) groups is 1. The molecule has 0 saturated carbocycles. The number of carbonyl (C=O) groups excluding carboxylic acids is 1. The molecule has 1 aromatic heterocycles. The van der Waals surface area contributed by atoms with Gasteiger partial charge in [0.05, 0.1) is 26.2 Å². The zero-order valence-corrected chi connectivity index (χ0v) is 26.7. The highest BCUT2D eigenvalue weighted by Crippen LogP contribution is 2.57. The molecule has 0 bridgehead atoms. The molecule has 0 radical (unpaired) electrons. The number of methoxy groups -OCH3 is 2. The molecule has 0 aliphatic carbocycles. The van der Waals surface area contributed by atoms with E-state index < -0.39 is 53.4 Å². The number of hydrogen-bond acceptors (Lipinski definition) is 9. The van der Waals surface area contributed by atoms with Crippen LogP contribution in [-0.4, -0.2) is 65.0 Å². The summed E-state index contributed by atoms with van der Waals surface area (Å²) in [4.78, 5) is 42.0. The monoisotopic (exact) mass is 665 g/mol. The summed E-state index contributed by atoms with van der Waals surface area (Å²) in [6, 6.07) is 32.7. The summed E-state index contributed by atoms with van der Waals surface area (Å²) in [7, 11) is 3.06. The van der Waals surface area contributed by atoms with Gasteiger partial charge in [-0.2, -0.15) is 0 Å². The van der Waals surface area contributed by atoms with Crippen LogP contribution in [0.3, 0.4) is 0 Å². The van der Waals surface area contributed by atoms with Crippen LogP contribution in [-0.2, 0) is 20.6 Å². The van der Waals surface area contributed by atoms with Gasteiger partial charge in [0.1, 0.15) is 23.7 Å². The van der Waals surface area contributed by atoms with Crippen LogP contribution in [0.2, 0.25) is 0 Å².